The molecule has 33 heavy (non-hydrogen) atoms. The van der Waals surface area contributed by atoms with Crippen molar-refractivity contribution >= 4 is 33.8 Å². The van der Waals surface area contributed by atoms with Gasteiger partial charge in [-0.15, -0.1) is 0 Å². The zero-order valence-corrected chi connectivity index (χ0v) is 20.1. The second kappa shape index (κ2) is 10.4. The van der Waals surface area contributed by atoms with Gasteiger partial charge in [-0.2, -0.15) is 17.0 Å². The first-order valence-electron chi connectivity index (χ1n) is 10.6. The van der Waals surface area contributed by atoms with Crippen molar-refractivity contribution in [1.82, 2.24) is 13.5 Å². The average molecular weight is 481 g/mol. The fourth-order valence-electron chi connectivity index (χ4n) is 3.64. The average Bonchev–Trinajstić information content (AvgIpc) is 3.22. The Bertz CT molecular complexity index is 1020. The molecule has 11 nitrogen and oxygen atoms in total. The fourth-order valence-corrected chi connectivity index (χ4v) is 4.63. The highest BCUT2D eigenvalue weighted by atomic mass is 32.2. The predicted molar refractivity (Wildman–Crippen MR) is 123 cm³/mol. The Labute approximate surface area is 194 Å². The maximum atomic E-state index is 13.5. The molecule has 1 heterocycles. The molecule has 1 aromatic carbocycles. The minimum atomic E-state index is -4.51. The van der Waals surface area contributed by atoms with Crippen molar-refractivity contribution in [2.45, 2.75) is 45.2 Å². The van der Waals surface area contributed by atoms with Crippen molar-refractivity contribution in [3.05, 3.63) is 35.4 Å². The normalized spacial score (nSPS) is 17.3. The van der Waals surface area contributed by atoms with E-state index in [1.54, 1.807) is 0 Å². The van der Waals surface area contributed by atoms with Gasteiger partial charge in [-0.3, -0.25) is 19.8 Å². The molecule has 0 spiro atoms. The van der Waals surface area contributed by atoms with Crippen LogP contribution in [0.5, 0.6) is 0 Å². The van der Waals surface area contributed by atoms with Gasteiger partial charge < -0.3 is 16.4 Å². The quantitative estimate of drug-likeness (QED) is 0.269. The van der Waals surface area contributed by atoms with E-state index in [1.807, 2.05) is 13.8 Å². The largest absolute Gasteiger partial charge is 0.384 e. The third-order valence-electron chi connectivity index (χ3n) is 5.38. The number of carbonyl (C=O) groups is 3. The second-order valence-corrected chi connectivity index (χ2v) is 10.6. The molecule has 2 atom stereocenters. The third kappa shape index (κ3) is 5.75. The van der Waals surface area contributed by atoms with Crippen LogP contribution in [0.25, 0.3) is 0 Å². The lowest BCUT2D eigenvalue weighted by Gasteiger charge is -2.31. The summed E-state index contributed by atoms with van der Waals surface area (Å²) in [4.78, 5) is 40.8. The number of benzene rings is 1. The molecular formula is C21H32N6O5S. The lowest BCUT2D eigenvalue weighted by Crippen LogP contribution is -2.56. The molecule has 1 aliphatic rings. The summed E-state index contributed by atoms with van der Waals surface area (Å²) in [5.41, 5.74) is 11.7. The Balaban J connectivity index is 2.43. The molecule has 0 radical (unpaired) electrons. The van der Waals surface area contributed by atoms with E-state index in [0.29, 0.717) is 18.4 Å². The Morgan fingerprint density at radius 1 is 1.15 bits per heavy atom. The van der Waals surface area contributed by atoms with Crippen LogP contribution < -0.4 is 11.5 Å². The zero-order valence-electron chi connectivity index (χ0n) is 19.3. The van der Waals surface area contributed by atoms with Crippen molar-refractivity contribution in [3.63, 3.8) is 0 Å². The van der Waals surface area contributed by atoms with Gasteiger partial charge in [-0.05, 0) is 37.3 Å². The van der Waals surface area contributed by atoms with Gasteiger partial charge in [-0.1, -0.05) is 26.0 Å². The first kappa shape index (κ1) is 26.4. The second-order valence-electron chi connectivity index (χ2n) is 8.61. The van der Waals surface area contributed by atoms with Gasteiger partial charge in [0.15, 0.2) is 0 Å². The maximum absolute atomic E-state index is 13.5. The molecule has 2 rings (SSSR count). The van der Waals surface area contributed by atoms with E-state index in [1.165, 1.54) is 43.3 Å². The summed E-state index contributed by atoms with van der Waals surface area (Å²) in [7, 11) is -2.09. The molecule has 5 N–H and O–H groups in total. The third-order valence-corrected chi connectivity index (χ3v) is 7.11. The van der Waals surface area contributed by atoms with Crippen molar-refractivity contribution < 1.29 is 22.8 Å². The minimum Gasteiger partial charge on any atom is -0.384 e. The molecule has 1 saturated heterocycles. The van der Waals surface area contributed by atoms with Gasteiger partial charge in [0, 0.05) is 31.8 Å². The number of imide groups is 1. The molecule has 3 amide bonds. The summed E-state index contributed by atoms with van der Waals surface area (Å²) in [6.45, 7) is 4.08. The van der Waals surface area contributed by atoms with Gasteiger partial charge in [-0.25, -0.2) is 0 Å². The summed E-state index contributed by atoms with van der Waals surface area (Å²) < 4.78 is 27.0. The van der Waals surface area contributed by atoms with E-state index >= 15 is 0 Å². The van der Waals surface area contributed by atoms with Gasteiger partial charge in [0.2, 0.25) is 5.91 Å². The number of hydrogen-bond acceptors (Lipinski definition) is 7. The number of amidine groups is 1. The highest BCUT2D eigenvalue weighted by Gasteiger charge is 2.45. The van der Waals surface area contributed by atoms with Crippen LogP contribution in [0.15, 0.2) is 24.3 Å². The van der Waals surface area contributed by atoms with Gasteiger partial charge in [0.05, 0.1) is 6.04 Å². The molecule has 0 saturated carbocycles. The minimum absolute atomic E-state index is 0.0776. The van der Waals surface area contributed by atoms with Crippen LogP contribution in [0, 0.1) is 11.3 Å². The molecule has 1 fully saturated rings. The van der Waals surface area contributed by atoms with Crippen LogP contribution >= 0.6 is 0 Å². The number of nitrogens with one attached hydrogen (secondary N) is 1. The van der Waals surface area contributed by atoms with Crippen LogP contribution in [-0.2, 0) is 19.8 Å². The SMILES string of the molecule is CC(C)C[C@@H](N)C(=O)N1CCC[C@H]1C(=O)N(C(=O)c1ccc(C(=N)N)cc1)S(=O)(=O)N(C)C. The fraction of sp³-hybridized carbons (Fsp3) is 0.524. The first-order chi connectivity index (χ1) is 15.3. The standard InChI is InChI=1S/C21H32N6O5S/c1-13(2)12-16(22)20(29)26-11-5-6-17(26)21(30)27(33(31,32)25(3)4)19(28)15-9-7-14(8-10-15)18(23)24/h7-10,13,16-17H,5-6,11-12,22H2,1-4H3,(H3,23,24)/t16-,17+/m1/s1. The number of hydrogen-bond donors (Lipinski definition) is 3. The Kier molecular flexibility index (Phi) is 8.33. The summed E-state index contributed by atoms with van der Waals surface area (Å²) in [5, 5.41) is 7.45. The van der Waals surface area contributed by atoms with Crippen molar-refractivity contribution in [2.24, 2.45) is 17.4 Å². The molecule has 0 aromatic heterocycles. The Morgan fingerprint density at radius 2 is 1.70 bits per heavy atom. The van der Waals surface area contributed by atoms with Crippen molar-refractivity contribution in [3.8, 4) is 0 Å². The Morgan fingerprint density at radius 3 is 2.18 bits per heavy atom. The predicted octanol–water partition coefficient (Wildman–Crippen LogP) is 0.110. The van der Waals surface area contributed by atoms with E-state index < -0.39 is 40.0 Å². The van der Waals surface area contributed by atoms with Crippen molar-refractivity contribution in [1.29, 1.82) is 5.41 Å². The number of carbonyl (C=O) groups excluding carboxylic acids is 3. The summed E-state index contributed by atoms with van der Waals surface area (Å²) in [6, 6.07) is 3.41. The Hall–Kier alpha value is -2.83. The van der Waals surface area contributed by atoms with Crippen molar-refractivity contribution in [2.75, 3.05) is 20.6 Å². The number of nitrogens with zero attached hydrogens (tertiary/aromatic N) is 3. The highest BCUT2D eigenvalue weighted by Crippen LogP contribution is 2.24. The van der Waals surface area contributed by atoms with Gasteiger partial charge >= 0.3 is 10.2 Å². The monoisotopic (exact) mass is 480 g/mol. The van der Waals surface area contributed by atoms with Crippen LogP contribution in [0.2, 0.25) is 0 Å². The molecule has 0 aliphatic carbocycles. The summed E-state index contributed by atoms with van der Waals surface area (Å²) in [5.74, 6) is -2.58. The molecule has 1 aromatic rings. The van der Waals surface area contributed by atoms with Gasteiger partial charge in [0.1, 0.15) is 11.9 Å². The molecular weight excluding hydrogens is 448 g/mol. The van der Waals surface area contributed by atoms with E-state index in [9.17, 15) is 22.8 Å². The number of nitrogen functional groups attached to an aromatic ring is 1. The van der Waals surface area contributed by atoms with E-state index in [0.717, 1.165) is 4.31 Å². The molecule has 0 bridgehead atoms. The van der Waals surface area contributed by atoms with Crippen LogP contribution in [0.1, 0.15) is 49.0 Å². The smallest absolute Gasteiger partial charge is 0.312 e. The first-order valence-corrected chi connectivity index (χ1v) is 12.0. The number of amides is 3. The van der Waals surface area contributed by atoms with E-state index in [4.69, 9.17) is 16.9 Å². The number of nitrogens with two attached hydrogens (primary N) is 2. The molecule has 0 unspecified atom stereocenters. The van der Waals surface area contributed by atoms with Crippen LogP contribution in [0.3, 0.4) is 0 Å². The lowest BCUT2D eigenvalue weighted by atomic mass is 10.0. The molecule has 1 aliphatic heterocycles. The maximum Gasteiger partial charge on any atom is 0.312 e. The van der Waals surface area contributed by atoms with E-state index in [2.05, 4.69) is 0 Å². The summed E-state index contributed by atoms with van der Waals surface area (Å²) >= 11 is 0. The summed E-state index contributed by atoms with van der Waals surface area (Å²) in [6.07, 6.45) is 1.11. The number of likely N-dealkylation sites (tertiary alicyclic amines) is 1. The number of rotatable bonds is 8. The topological polar surface area (TPSA) is 171 Å². The highest BCUT2D eigenvalue weighted by molar-refractivity contribution is 7.87. The zero-order chi connectivity index (χ0) is 25.1. The molecule has 12 heteroatoms. The van der Waals surface area contributed by atoms with Crippen LogP contribution in [-0.4, -0.2) is 78.2 Å². The lowest BCUT2D eigenvalue weighted by molar-refractivity contribution is -0.141. The van der Waals surface area contributed by atoms with Crippen LogP contribution in [0.4, 0.5) is 0 Å². The van der Waals surface area contributed by atoms with Gasteiger partial charge in [0.25, 0.3) is 11.8 Å². The van der Waals surface area contributed by atoms with E-state index in [-0.39, 0.29) is 34.6 Å². The molecule has 182 valence electrons.